The molecule has 0 radical (unpaired) electrons. The molecule has 3 N–H and O–H groups in total. The van der Waals surface area contributed by atoms with Crippen LogP contribution in [0.15, 0.2) is 24.3 Å². The van der Waals surface area contributed by atoms with Crippen LogP contribution in [0.4, 0.5) is 4.39 Å². The van der Waals surface area contributed by atoms with Crippen LogP contribution in [0.3, 0.4) is 0 Å². The first-order valence-electron chi connectivity index (χ1n) is 6.04. The van der Waals surface area contributed by atoms with Gasteiger partial charge in [-0.2, -0.15) is 0 Å². The molecule has 5 heteroatoms. The molecular weight excluding hydrogens is 233 g/mol. The first-order chi connectivity index (χ1) is 8.60. The summed E-state index contributed by atoms with van der Waals surface area (Å²) in [6.45, 7) is 2.37. The zero-order valence-corrected chi connectivity index (χ0v) is 10.8. The number of amides is 1. The van der Waals surface area contributed by atoms with Gasteiger partial charge in [0.1, 0.15) is 5.82 Å². The molecule has 1 atom stereocenters. The Morgan fingerprint density at radius 2 is 2.17 bits per heavy atom. The Morgan fingerprint density at radius 3 is 2.72 bits per heavy atom. The summed E-state index contributed by atoms with van der Waals surface area (Å²) in [7, 11) is 1.79. The Kier molecular flexibility index (Phi) is 5.74. The van der Waals surface area contributed by atoms with Crippen molar-refractivity contribution in [3.8, 4) is 0 Å². The highest BCUT2D eigenvalue weighted by Crippen LogP contribution is 2.13. The van der Waals surface area contributed by atoms with E-state index in [9.17, 15) is 9.18 Å². The van der Waals surface area contributed by atoms with Gasteiger partial charge in [-0.25, -0.2) is 10.2 Å². The zero-order chi connectivity index (χ0) is 13.5. The van der Waals surface area contributed by atoms with E-state index in [1.165, 1.54) is 6.07 Å². The Hall–Kier alpha value is -1.46. The summed E-state index contributed by atoms with van der Waals surface area (Å²) < 4.78 is 13.5. The molecule has 1 rings (SSSR count). The number of hydrazine groups is 1. The van der Waals surface area contributed by atoms with Crippen molar-refractivity contribution in [3.05, 3.63) is 35.6 Å². The largest absolute Gasteiger partial charge is 0.293 e. The third kappa shape index (κ3) is 3.78. The normalized spacial score (nSPS) is 12.5. The van der Waals surface area contributed by atoms with Crippen LogP contribution in [0.1, 0.15) is 25.3 Å². The summed E-state index contributed by atoms with van der Waals surface area (Å²) in [5, 5.41) is 0. The van der Waals surface area contributed by atoms with Gasteiger partial charge in [0.05, 0.1) is 6.04 Å². The quantitative estimate of drug-likeness (QED) is 0.458. The van der Waals surface area contributed by atoms with E-state index in [1.807, 2.05) is 11.8 Å². The standard InChI is InChI=1S/C13H20FN3O/c1-3-6-12(13(18)16-15)17(2)9-10-7-4-5-8-11(10)14/h4-5,7-8,12H,3,6,9,15H2,1-2H3,(H,16,18). The number of hydrogen-bond donors (Lipinski definition) is 2. The molecule has 100 valence electrons. The second kappa shape index (κ2) is 7.08. The van der Waals surface area contributed by atoms with E-state index in [2.05, 4.69) is 5.43 Å². The zero-order valence-electron chi connectivity index (χ0n) is 10.8. The van der Waals surface area contributed by atoms with Crippen molar-refractivity contribution >= 4 is 5.91 Å². The lowest BCUT2D eigenvalue weighted by atomic mass is 10.1. The van der Waals surface area contributed by atoms with E-state index in [-0.39, 0.29) is 17.8 Å². The van der Waals surface area contributed by atoms with Crippen molar-refractivity contribution in [2.75, 3.05) is 7.05 Å². The summed E-state index contributed by atoms with van der Waals surface area (Å²) in [6.07, 6.45) is 1.55. The highest BCUT2D eigenvalue weighted by atomic mass is 19.1. The lowest BCUT2D eigenvalue weighted by Gasteiger charge is -2.26. The van der Waals surface area contributed by atoms with Crippen LogP contribution in [0, 0.1) is 5.82 Å². The first kappa shape index (κ1) is 14.6. The summed E-state index contributed by atoms with van der Waals surface area (Å²) >= 11 is 0. The highest BCUT2D eigenvalue weighted by Gasteiger charge is 2.22. The number of nitrogens with one attached hydrogen (secondary N) is 1. The molecular formula is C13H20FN3O. The van der Waals surface area contributed by atoms with Gasteiger partial charge >= 0.3 is 0 Å². The molecule has 0 aliphatic rings. The minimum atomic E-state index is -0.334. The van der Waals surface area contributed by atoms with Crippen molar-refractivity contribution < 1.29 is 9.18 Å². The number of hydrogen-bond acceptors (Lipinski definition) is 3. The number of carbonyl (C=O) groups excluding carboxylic acids is 1. The second-order valence-electron chi connectivity index (χ2n) is 4.32. The van der Waals surface area contributed by atoms with Crippen molar-refractivity contribution in [1.82, 2.24) is 10.3 Å². The van der Waals surface area contributed by atoms with Gasteiger partial charge in [-0.05, 0) is 19.5 Å². The number of rotatable bonds is 6. The van der Waals surface area contributed by atoms with E-state index < -0.39 is 0 Å². The minimum absolute atomic E-state index is 0.240. The minimum Gasteiger partial charge on any atom is -0.293 e. The van der Waals surface area contributed by atoms with Crippen molar-refractivity contribution in [1.29, 1.82) is 0 Å². The van der Waals surface area contributed by atoms with Gasteiger partial charge in [0.15, 0.2) is 0 Å². The predicted octanol–water partition coefficient (Wildman–Crippen LogP) is 1.42. The number of carbonyl (C=O) groups is 1. The van der Waals surface area contributed by atoms with Gasteiger partial charge in [0.2, 0.25) is 0 Å². The van der Waals surface area contributed by atoms with Crippen LogP contribution in [0.2, 0.25) is 0 Å². The SMILES string of the molecule is CCCC(C(=O)NN)N(C)Cc1ccccc1F. The van der Waals surface area contributed by atoms with E-state index in [4.69, 9.17) is 5.84 Å². The van der Waals surface area contributed by atoms with E-state index >= 15 is 0 Å². The van der Waals surface area contributed by atoms with Gasteiger partial charge in [-0.1, -0.05) is 31.5 Å². The van der Waals surface area contributed by atoms with Crippen molar-refractivity contribution in [2.24, 2.45) is 5.84 Å². The van der Waals surface area contributed by atoms with E-state index in [1.54, 1.807) is 25.2 Å². The van der Waals surface area contributed by atoms with Crippen LogP contribution in [-0.2, 0) is 11.3 Å². The number of nitrogens with zero attached hydrogens (tertiary/aromatic N) is 1. The topological polar surface area (TPSA) is 58.4 Å². The van der Waals surface area contributed by atoms with Gasteiger partial charge in [0, 0.05) is 12.1 Å². The Bertz CT molecular complexity index is 398. The average Bonchev–Trinajstić information content (AvgIpc) is 2.37. The maximum absolute atomic E-state index is 13.5. The van der Waals surface area contributed by atoms with Crippen LogP contribution in [0.5, 0.6) is 0 Å². The molecule has 18 heavy (non-hydrogen) atoms. The Morgan fingerprint density at radius 1 is 1.50 bits per heavy atom. The molecule has 0 bridgehead atoms. The smallest absolute Gasteiger partial charge is 0.251 e. The molecule has 0 saturated carbocycles. The van der Waals surface area contributed by atoms with Gasteiger partial charge in [0.25, 0.3) is 5.91 Å². The fraction of sp³-hybridized carbons (Fsp3) is 0.462. The molecule has 0 aliphatic heterocycles. The molecule has 1 unspecified atom stereocenters. The second-order valence-corrected chi connectivity index (χ2v) is 4.32. The van der Waals surface area contributed by atoms with Crippen molar-refractivity contribution in [3.63, 3.8) is 0 Å². The average molecular weight is 253 g/mol. The molecule has 0 saturated heterocycles. The van der Waals surface area contributed by atoms with Crippen LogP contribution < -0.4 is 11.3 Å². The van der Waals surface area contributed by atoms with Crippen LogP contribution in [-0.4, -0.2) is 23.9 Å². The number of halogens is 1. The molecule has 0 aromatic heterocycles. The lowest BCUT2D eigenvalue weighted by Crippen LogP contribution is -2.47. The van der Waals surface area contributed by atoms with Gasteiger partial charge in [-0.3, -0.25) is 15.1 Å². The van der Waals surface area contributed by atoms with Crippen LogP contribution >= 0.6 is 0 Å². The van der Waals surface area contributed by atoms with E-state index in [0.29, 0.717) is 18.5 Å². The number of likely N-dealkylation sites (N-methyl/N-ethyl adjacent to an activating group) is 1. The molecule has 0 fully saturated rings. The fourth-order valence-corrected chi connectivity index (χ4v) is 1.93. The third-order valence-electron chi connectivity index (χ3n) is 2.92. The van der Waals surface area contributed by atoms with Gasteiger partial charge < -0.3 is 0 Å². The summed E-state index contributed by atoms with van der Waals surface area (Å²) in [6, 6.07) is 6.23. The highest BCUT2D eigenvalue weighted by molar-refractivity contribution is 5.81. The summed E-state index contributed by atoms with van der Waals surface area (Å²) in [4.78, 5) is 13.5. The molecule has 1 aromatic rings. The predicted molar refractivity (Wildman–Crippen MR) is 68.9 cm³/mol. The Balaban J connectivity index is 2.75. The Labute approximate surface area is 107 Å². The van der Waals surface area contributed by atoms with E-state index in [0.717, 1.165) is 6.42 Å². The third-order valence-corrected chi connectivity index (χ3v) is 2.92. The van der Waals surface area contributed by atoms with Gasteiger partial charge in [-0.15, -0.1) is 0 Å². The fourth-order valence-electron chi connectivity index (χ4n) is 1.93. The van der Waals surface area contributed by atoms with Crippen LogP contribution in [0.25, 0.3) is 0 Å². The monoisotopic (exact) mass is 253 g/mol. The number of benzene rings is 1. The summed E-state index contributed by atoms with van der Waals surface area (Å²) in [5.41, 5.74) is 2.73. The molecule has 0 aliphatic carbocycles. The maximum atomic E-state index is 13.5. The molecule has 1 aromatic carbocycles. The molecule has 0 heterocycles. The van der Waals surface area contributed by atoms with Crippen molar-refractivity contribution in [2.45, 2.75) is 32.4 Å². The first-order valence-corrected chi connectivity index (χ1v) is 6.04. The molecule has 0 spiro atoms. The summed E-state index contributed by atoms with van der Waals surface area (Å²) in [5.74, 6) is 4.67. The lowest BCUT2D eigenvalue weighted by molar-refractivity contribution is -0.126. The maximum Gasteiger partial charge on any atom is 0.251 e. The molecule has 1 amide bonds. The molecule has 4 nitrogen and oxygen atoms in total. The number of nitrogens with two attached hydrogens (primary N) is 1.